The Balaban J connectivity index is 4.29. The number of alkyl carbamates (subject to hydrolysis) is 1. The lowest BCUT2D eigenvalue weighted by molar-refractivity contribution is -0.156. The van der Waals surface area contributed by atoms with Gasteiger partial charge in [0, 0.05) is 0 Å². The first-order valence-corrected chi connectivity index (χ1v) is 6.54. The van der Waals surface area contributed by atoms with E-state index < -0.39 is 35.1 Å². The van der Waals surface area contributed by atoms with E-state index in [0.29, 0.717) is 0 Å². The van der Waals surface area contributed by atoms with Crippen LogP contribution in [0.4, 0.5) is 4.79 Å². The highest BCUT2D eigenvalue weighted by Gasteiger charge is 2.24. The molecule has 0 saturated carbocycles. The van der Waals surface area contributed by atoms with Gasteiger partial charge in [0.05, 0.1) is 6.04 Å². The van der Waals surface area contributed by atoms with Crippen LogP contribution >= 0.6 is 0 Å². The number of carbonyl (C=O) groups is 3. The fourth-order valence-electron chi connectivity index (χ4n) is 1.24. The molecule has 1 N–H and O–H groups in total. The van der Waals surface area contributed by atoms with Crippen molar-refractivity contribution in [1.82, 2.24) is 5.32 Å². The second kappa shape index (κ2) is 6.72. The number of carbonyl (C=O) groups excluding carboxylic acids is 3. The fraction of sp³-hybridized carbons (Fsp3) is 0.786. The summed E-state index contributed by atoms with van der Waals surface area (Å²) in [6.07, 6.45) is -1.07. The van der Waals surface area contributed by atoms with Crippen LogP contribution in [-0.4, -0.2) is 35.1 Å². The van der Waals surface area contributed by atoms with Gasteiger partial charge in [-0.3, -0.25) is 9.59 Å². The van der Waals surface area contributed by atoms with Gasteiger partial charge >= 0.3 is 12.1 Å². The van der Waals surface area contributed by atoms with E-state index in [0.717, 1.165) is 0 Å². The molecule has 6 heteroatoms. The molecule has 0 fully saturated rings. The Labute approximate surface area is 120 Å². The number of hydrogen-bond donors (Lipinski definition) is 1. The van der Waals surface area contributed by atoms with Crippen molar-refractivity contribution < 1.29 is 23.9 Å². The van der Waals surface area contributed by atoms with Crippen molar-refractivity contribution in [2.45, 2.75) is 72.1 Å². The molecule has 116 valence electrons. The quantitative estimate of drug-likeness (QED) is 0.633. The topological polar surface area (TPSA) is 81.7 Å². The van der Waals surface area contributed by atoms with Crippen LogP contribution in [0.25, 0.3) is 0 Å². The Bertz CT molecular complexity index is 376. The Morgan fingerprint density at radius 1 is 0.950 bits per heavy atom. The summed E-state index contributed by atoms with van der Waals surface area (Å²) < 4.78 is 10.1. The number of hydrogen-bond acceptors (Lipinski definition) is 5. The van der Waals surface area contributed by atoms with Crippen molar-refractivity contribution in [3.63, 3.8) is 0 Å². The maximum Gasteiger partial charge on any atom is 0.408 e. The Morgan fingerprint density at radius 2 is 1.40 bits per heavy atom. The van der Waals surface area contributed by atoms with Gasteiger partial charge in [-0.15, -0.1) is 0 Å². The minimum absolute atomic E-state index is 0.381. The zero-order valence-corrected chi connectivity index (χ0v) is 13.3. The van der Waals surface area contributed by atoms with E-state index >= 15 is 0 Å². The maximum absolute atomic E-state index is 11.8. The van der Waals surface area contributed by atoms with Gasteiger partial charge in [0.25, 0.3) is 0 Å². The third-order valence-corrected chi connectivity index (χ3v) is 1.95. The van der Waals surface area contributed by atoms with Crippen molar-refractivity contribution in [1.29, 1.82) is 0 Å². The summed E-state index contributed by atoms with van der Waals surface area (Å²) in [5.41, 5.74) is -1.28. The first-order valence-electron chi connectivity index (χ1n) is 6.54. The van der Waals surface area contributed by atoms with E-state index in [-0.39, 0.29) is 6.42 Å². The second-order valence-electron chi connectivity index (χ2n) is 6.60. The molecule has 1 atom stereocenters. The van der Waals surface area contributed by atoms with E-state index in [2.05, 4.69) is 5.32 Å². The highest BCUT2D eigenvalue weighted by atomic mass is 16.6. The SMILES string of the molecule is C[C@H](NC(=O)OC(C)(C)C)C(=O)CC(=O)OC(C)(C)C. The molecule has 0 aromatic heterocycles. The summed E-state index contributed by atoms with van der Waals surface area (Å²) in [4.78, 5) is 34.8. The molecule has 6 nitrogen and oxygen atoms in total. The molecule has 0 spiro atoms. The number of ketones is 1. The number of ether oxygens (including phenoxy) is 2. The molecule has 0 unspecified atom stereocenters. The number of esters is 1. The molecule has 0 aliphatic carbocycles. The van der Waals surface area contributed by atoms with Crippen molar-refractivity contribution in [2.75, 3.05) is 0 Å². The predicted molar refractivity (Wildman–Crippen MR) is 74.3 cm³/mol. The van der Waals surface area contributed by atoms with Gasteiger partial charge in [-0.1, -0.05) is 0 Å². The second-order valence-corrected chi connectivity index (χ2v) is 6.60. The first-order chi connectivity index (χ1) is 8.80. The Hall–Kier alpha value is -1.59. The minimum atomic E-state index is -0.808. The monoisotopic (exact) mass is 287 g/mol. The Kier molecular flexibility index (Phi) is 6.19. The number of rotatable bonds is 4. The summed E-state index contributed by atoms with van der Waals surface area (Å²) in [5, 5.41) is 2.39. The molecule has 0 saturated heterocycles. The van der Waals surface area contributed by atoms with Crippen LogP contribution in [0.2, 0.25) is 0 Å². The molecule has 0 aliphatic heterocycles. The lowest BCUT2D eigenvalue weighted by Crippen LogP contribution is -2.42. The van der Waals surface area contributed by atoms with Crippen molar-refractivity contribution in [3.8, 4) is 0 Å². The van der Waals surface area contributed by atoms with Crippen LogP contribution in [-0.2, 0) is 19.1 Å². The van der Waals surface area contributed by atoms with E-state index in [1.807, 2.05) is 0 Å². The molecule has 0 heterocycles. The lowest BCUT2D eigenvalue weighted by atomic mass is 10.1. The summed E-state index contributed by atoms with van der Waals surface area (Å²) in [5.74, 6) is -1.04. The lowest BCUT2D eigenvalue weighted by Gasteiger charge is -2.22. The van der Waals surface area contributed by atoms with Crippen LogP contribution in [0.3, 0.4) is 0 Å². The third-order valence-electron chi connectivity index (χ3n) is 1.95. The maximum atomic E-state index is 11.8. The molecule has 0 aromatic carbocycles. The van der Waals surface area contributed by atoms with Gasteiger partial charge in [-0.2, -0.15) is 0 Å². The molecule has 1 amide bonds. The van der Waals surface area contributed by atoms with Gasteiger partial charge in [-0.05, 0) is 48.5 Å². The van der Waals surface area contributed by atoms with Crippen LogP contribution in [0.5, 0.6) is 0 Å². The van der Waals surface area contributed by atoms with Crippen LogP contribution < -0.4 is 5.32 Å². The predicted octanol–water partition coefficient (Wildman–Crippen LogP) is 2.20. The standard InChI is InChI=1S/C14H25NO5/c1-9(15-12(18)20-14(5,6)7)10(16)8-11(17)19-13(2,3)4/h9H,8H2,1-7H3,(H,15,18)/t9-/m0/s1. The molecule has 0 aliphatic rings. The molecular formula is C14H25NO5. The average Bonchev–Trinajstić information content (AvgIpc) is 2.10. The highest BCUT2D eigenvalue weighted by Crippen LogP contribution is 2.10. The number of amides is 1. The van der Waals surface area contributed by atoms with Crippen molar-refractivity contribution >= 4 is 17.8 Å². The number of nitrogens with one attached hydrogen (secondary N) is 1. The van der Waals surface area contributed by atoms with Gasteiger partial charge in [-0.25, -0.2) is 4.79 Å². The van der Waals surface area contributed by atoms with Gasteiger partial charge in [0.15, 0.2) is 5.78 Å². The molecule has 0 bridgehead atoms. The zero-order valence-electron chi connectivity index (χ0n) is 13.3. The zero-order chi connectivity index (χ0) is 16.1. The molecule has 0 radical (unpaired) electrons. The van der Waals surface area contributed by atoms with Gasteiger partial charge in [0.2, 0.25) is 0 Å². The van der Waals surface area contributed by atoms with Crippen LogP contribution in [0.1, 0.15) is 54.9 Å². The largest absolute Gasteiger partial charge is 0.460 e. The first kappa shape index (κ1) is 18.4. The third kappa shape index (κ3) is 9.35. The molecule has 0 rings (SSSR count). The fourth-order valence-corrected chi connectivity index (χ4v) is 1.24. The van der Waals surface area contributed by atoms with Crippen molar-refractivity contribution in [3.05, 3.63) is 0 Å². The normalized spacial score (nSPS) is 13.3. The Morgan fingerprint density at radius 3 is 1.80 bits per heavy atom. The van der Waals surface area contributed by atoms with E-state index in [4.69, 9.17) is 9.47 Å². The smallest absolute Gasteiger partial charge is 0.408 e. The summed E-state index contributed by atoms with van der Waals surface area (Å²) in [6, 6.07) is -0.808. The van der Waals surface area contributed by atoms with Gasteiger partial charge in [0.1, 0.15) is 17.6 Å². The van der Waals surface area contributed by atoms with Crippen molar-refractivity contribution in [2.24, 2.45) is 0 Å². The summed E-state index contributed by atoms with van der Waals surface area (Å²) in [6.45, 7) is 11.8. The summed E-state index contributed by atoms with van der Waals surface area (Å²) >= 11 is 0. The summed E-state index contributed by atoms with van der Waals surface area (Å²) in [7, 11) is 0. The minimum Gasteiger partial charge on any atom is -0.460 e. The average molecular weight is 287 g/mol. The van der Waals surface area contributed by atoms with E-state index in [1.54, 1.807) is 41.5 Å². The van der Waals surface area contributed by atoms with Crippen LogP contribution in [0, 0.1) is 0 Å². The van der Waals surface area contributed by atoms with Crippen LogP contribution in [0.15, 0.2) is 0 Å². The van der Waals surface area contributed by atoms with Gasteiger partial charge < -0.3 is 14.8 Å². The van der Waals surface area contributed by atoms with E-state index in [9.17, 15) is 14.4 Å². The molecule has 20 heavy (non-hydrogen) atoms. The molecular weight excluding hydrogens is 262 g/mol. The number of Topliss-reactive ketones (excluding diaryl/α,β-unsaturated/α-hetero) is 1. The highest BCUT2D eigenvalue weighted by molar-refractivity contribution is 5.99. The van der Waals surface area contributed by atoms with E-state index in [1.165, 1.54) is 6.92 Å². The molecule has 0 aromatic rings.